The van der Waals surface area contributed by atoms with Crippen molar-refractivity contribution in [3.8, 4) is 0 Å². The van der Waals surface area contributed by atoms with Crippen molar-refractivity contribution in [2.75, 3.05) is 4.90 Å². The fourth-order valence-corrected chi connectivity index (χ4v) is 2.70. The van der Waals surface area contributed by atoms with Gasteiger partial charge in [0.15, 0.2) is 6.04 Å². The number of nitrogens with zero attached hydrogens (tertiary/aromatic N) is 1. The summed E-state index contributed by atoms with van der Waals surface area (Å²) in [5.74, 6) is -0.243. The van der Waals surface area contributed by atoms with E-state index in [1.54, 1.807) is 0 Å². The summed E-state index contributed by atoms with van der Waals surface area (Å²) in [4.78, 5) is 26.0. The number of carbonyl (C=O) groups is 2. The van der Waals surface area contributed by atoms with Crippen molar-refractivity contribution in [1.29, 1.82) is 0 Å². The van der Waals surface area contributed by atoms with Gasteiger partial charge in [0.25, 0.3) is 5.91 Å². The molecule has 0 bridgehead atoms. The van der Waals surface area contributed by atoms with Gasteiger partial charge in [0.2, 0.25) is 5.91 Å². The van der Waals surface area contributed by atoms with Crippen molar-refractivity contribution in [3.63, 3.8) is 0 Å². The minimum Gasteiger partial charge on any atom is -0.332 e. The summed E-state index contributed by atoms with van der Waals surface area (Å²) >= 11 is 0. The number of amides is 2. The number of quaternary nitrogens is 1. The van der Waals surface area contributed by atoms with Gasteiger partial charge in [0, 0.05) is 5.56 Å². The third-order valence-corrected chi connectivity index (χ3v) is 3.95. The van der Waals surface area contributed by atoms with E-state index in [1.807, 2.05) is 66.8 Å². The van der Waals surface area contributed by atoms with Crippen LogP contribution in [-0.2, 0) is 16.1 Å². The Morgan fingerprint density at radius 3 is 2.41 bits per heavy atom. The summed E-state index contributed by atoms with van der Waals surface area (Å²) in [7, 11) is 0. The first-order valence-corrected chi connectivity index (χ1v) is 7.46. The zero-order chi connectivity index (χ0) is 15.5. The summed E-state index contributed by atoms with van der Waals surface area (Å²) < 4.78 is 0. The molecule has 1 aliphatic rings. The maximum atomic E-state index is 12.5. The number of hydrogen-bond donors (Lipinski definition) is 1. The van der Waals surface area contributed by atoms with Gasteiger partial charge in [0.1, 0.15) is 6.54 Å². The van der Waals surface area contributed by atoms with Crippen LogP contribution in [0.5, 0.6) is 0 Å². The van der Waals surface area contributed by atoms with E-state index in [2.05, 4.69) is 0 Å². The van der Waals surface area contributed by atoms with E-state index in [4.69, 9.17) is 0 Å². The second-order valence-electron chi connectivity index (χ2n) is 5.64. The van der Waals surface area contributed by atoms with E-state index in [0.717, 1.165) is 11.1 Å². The van der Waals surface area contributed by atoms with E-state index in [-0.39, 0.29) is 24.3 Å². The number of nitrogens with two attached hydrogens (primary N) is 1. The molecule has 1 fully saturated rings. The number of imide groups is 1. The molecule has 1 heterocycles. The van der Waals surface area contributed by atoms with Crippen LogP contribution in [0.4, 0.5) is 5.69 Å². The maximum absolute atomic E-state index is 12.5. The lowest BCUT2D eigenvalue weighted by molar-refractivity contribution is -0.690. The first kappa shape index (κ1) is 14.5. The number of rotatable bonds is 4. The van der Waals surface area contributed by atoms with Gasteiger partial charge in [-0.15, -0.1) is 0 Å². The molecule has 22 heavy (non-hydrogen) atoms. The smallest absolute Gasteiger partial charge is 0.292 e. The van der Waals surface area contributed by atoms with Crippen LogP contribution in [0.3, 0.4) is 0 Å². The highest BCUT2D eigenvalue weighted by Crippen LogP contribution is 2.21. The Bertz CT molecular complexity index is 680. The highest BCUT2D eigenvalue weighted by molar-refractivity contribution is 6.21. The number of benzene rings is 2. The van der Waals surface area contributed by atoms with Crippen molar-refractivity contribution < 1.29 is 14.9 Å². The summed E-state index contributed by atoms with van der Waals surface area (Å²) in [5, 5.41) is 1.95. The van der Waals surface area contributed by atoms with Gasteiger partial charge in [-0.25, -0.2) is 4.90 Å². The van der Waals surface area contributed by atoms with Crippen molar-refractivity contribution in [2.45, 2.75) is 25.9 Å². The maximum Gasteiger partial charge on any atom is 0.292 e. The predicted octanol–water partition coefficient (Wildman–Crippen LogP) is 1.39. The molecular formula is C18H19N2O2+. The molecule has 0 unspecified atom stereocenters. The second kappa shape index (κ2) is 6.12. The fraction of sp³-hybridized carbons (Fsp3) is 0.222. The van der Waals surface area contributed by atoms with E-state index in [9.17, 15) is 9.59 Å². The molecule has 4 nitrogen and oxygen atoms in total. The SMILES string of the molecule is Cc1ccc(N2C(=O)C[C@H]([NH2+]Cc3ccccc3)C2=O)cc1. The number of hydrogen-bond acceptors (Lipinski definition) is 2. The van der Waals surface area contributed by atoms with E-state index in [1.165, 1.54) is 4.90 Å². The Balaban J connectivity index is 1.70. The highest BCUT2D eigenvalue weighted by Gasteiger charge is 2.42. The van der Waals surface area contributed by atoms with Crippen molar-refractivity contribution in [3.05, 3.63) is 65.7 Å². The molecule has 0 radical (unpaired) electrons. The molecule has 4 heteroatoms. The van der Waals surface area contributed by atoms with Gasteiger partial charge >= 0.3 is 0 Å². The van der Waals surface area contributed by atoms with Crippen LogP contribution in [0, 0.1) is 6.92 Å². The number of aryl methyl sites for hydroxylation is 1. The van der Waals surface area contributed by atoms with Crippen LogP contribution in [0.2, 0.25) is 0 Å². The summed E-state index contributed by atoms with van der Waals surface area (Å²) in [6.07, 6.45) is 0.263. The topological polar surface area (TPSA) is 54.0 Å². The normalized spacial score (nSPS) is 18.0. The fourth-order valence-electron chi connectivity index (χ4n) is 2.70. The van der Waals surface area contributed by atoms with Crippen molar-refractivity contribution in [1.82, 2.24) is 0 Å². The minimum atomic E-state index is -0.325. The van der Waals surface area contributed by atoms with E-state index in [0.29, 0.717) is 12.2 Å². The predicted molar refractivity (Wildman–Crippen MR) is 84.1 cm³/mol. The molecule has 2 N–H and O–H groups in total. The number of anilines is 1. The Labute approximate surface area is 129 Å². The van der Waals surface area contributed by atoms with Crippen LogP contribution < -0.4 is 10.2 Å². The Kier molecular flexibility index (Phi) is 4.02. The standard InChI is InChI=1S/C18H18N2O2/c1-13-7-9-15(10-8-13)20-17(21)11-16(18(20)22)19-12-14-5-3-2-4-6-14/h2-10,16,19H,11-12H2,1H3/p+1/t16-/m0/s1. The molecule has 0 spiro atoms. The summed E-state index contributed by atoms with van der Waals surface area (Å²) in [6.45, 7) is 2.68. The van der Waals surface area contributed by atoms with Crippen LogP contribution in [0.1, 0.15) is 17.5 Å². The molecule has 112 valence electrons. The largest absolute Gasteiger partial charge is 0.332 e. The van der Waals surface area contributed by atoms with Gasteiger partial charge in [-0.05, 0) is 19.1 Å². The van der Waals surface area contributed by atoms with Crippen LogP contribution >= 0.6 is 0 Å². The van der Waals surface area contributed by atoms with Gasteiger partial charge in [-0.2, -0.15) is 0 Å². The van der Waals surface area contributed by atoms with Gasteiger partial charge in [-0.3, -0.25) is 9.59 Å². The third-order valence-electron chi connectivity index (χ3n) is 3.95. The molecule has 1 aliphatic heterocycles. The van der Waals surface area contributed by atoms with Gasteiger partial charge in [0.05, 0.1) is 12.1 Å². The Hall–Kier alpha value is -2.46. The lowest BCUT2D eigenvalue weighted by atomic mass is 10.2. The summed E-state index contributed by atoms with van der Waals surface area (Å²) in [6, 6.07) is 17.1. The molecule has 3 rings (SSSR count). The molecule has 2 amide bonds. The number of carbonyl (C=O) groups excluding carboxylic acids is 2. The monoisotopic (exact) mass is 295 g/mol. The van der Waals surface area contributed by atoms with Crippen molar-refractivity contribution >= 4 is 17.5 Å². The van der Waals surface area contributed by atoms with Crippen LogP contribution in [0.25, 0.3) is 0 Å². The molecule has 1 atom stereocenters. The molecule has 0 aromatic heterocycles. The molecule has 2 aromatic rings. The summed E-state index contributed by atoms with van der Waals surface area (Å²) in [5.41, 5.74) is 2.92. The second-order valence-corrected chi connectivity index (χ2v) is 5.64. The Morgan fingerprint density at radius 1 is 1.05 bits per heavy atom. The zero-order valence-corrected chi connectivity index (χ0v) is 12.5. The molecular weight excluding hydrogens is 276 g/mol. The third kappa shape index (κ3) is 2.92. The van der Waals surface area contributed by atoms with E-state index >= 15 is 0 Å². The molecule has 1 saturated heterocycles. The lowest BCUT2D eigenvalue weighted by Crippen LogP contribution is -2.90. The van der Waals surface area contributed by atoms with Crippen LogP contribution in [-0.4, -0.2) is 17.9 Å². The first-order valence-electron chi connectivity index (χ1n) is 7.46. The van der Waals surface area contributed by atoms with Crippen molar-refractivity contribution in [2.24, 2.45) is 0 Å². The Morgan fingerprint density at radius 2 is 1.73 bits per heavy atom. The molecule has 0 aliphatic carbocycles. The lowest BCUT2D eigenvalue weighted by Gasteiger charge is -2.14. The average Bonchev–Trinajstić information content (AvgIpc) is 2.82. The molecule has 0 saturated carbocycles. The van der Waals surface area contributed by atoms with Crippen LogP contribution in [0.15, 0.2) is 54.6 Å². The van der Waals surface area contributed by atoms with E-state index < -0.39 is 0 Å². The molecule has 2 aromatic carbocycles. The average molecular weight is 295 g/mol. The first-order chi connectivity index (χ1) is 10.6. The van der Waals surface area contributed by atoms with Gasteiger partial charge in [-0.1, -0.05) is 48.0 Å². The quantitative estimate of drug-likeness (QED) is 0.867. The highest BCUT2D eigenvalue weighted by atomic mass is 16.2. The zero-order valence-electron chi connectivity index (χ0n) is 12.5. The minimum absolute atomic E-state index is 0.121. The van der Waals surface area contributed by atoms with Gasteiger partial charge < -0.3 is 5.32 Å².